The Balaban J connectivity index is 2.61. The third-order valence-electron chi connectivity index (χ3n) is 13.8. The fourth-order valence-corrected chi connectivity index (χ4v) is 9.50. The minimum absolute atomic E-state index is 0.0242. The highest BCUT2D eigenvalue weighted by atomic mass is 19.3. The molecule has 0 bridgehead atoms. The van der Waals surface area contributed by atoms with E-state index in [-0.39, 0.29) is 37.4 Å². The van der Waals surface area contributed by atoms with Gasteiger partial charge in [-0.25, -0.2) is 8.78 Å². The molecule has 2 atom stereocenters. The number of carbonyl (C=O) groups excluding carboxylic acids is 2. The van der Waals surface area contributed by atoms with Crippen LogP contribution in [0.4, 0.5) is 8.78 Å². The summed E-state index contributed by atoms with van der Waals surface area (Å²) in [6, 6.07) is 0.0825. The van der Waals surface area contributed by atoms with E-state index < -0.39 is 5.92 Å². The average Bonchev–Trinajstić information content (AvgIpc) is 3.27. The molecular weight excluding hydrogens is 795 g/mol. The maximum Gasteiger partial charge on any atom is 0.305 e. The van der Waals surface area contributed by atoms with Gasteiger partial charge in [-0.3, -0.25) is 14.5 Å². The van der Waals surface area contributed by atoms with Gasteiger partial charge in [0.25, 0.3) is 0 Å². The van der Waals surface area contributed by atoms with Gasteiger partial charge in [-0.1, -0.05) is 169 Å². The van der Waals surface area contributed by atoms with Crippen LogP contribution >= 0.6 is 0 Å². The summed E-state index contributed by atoms with van der Waals surface area (Å²) in [5.41, 5.74) is 0. The SMILES string of the molecule is CCCCCCCCC(CCCCCC)COC(=O)CCCCCN(CCCCCC(=O)OCC(CCCCCC)CCCCCCCC)CCN(CCO)C1CCC(F)(F)CC1. The molecule has 0 aliphatic heterocycles. The van der Waals surface area contributed by atoms with Gasteiger partial charge < -0.3 is 19.5 Å². The van der Waals surface area contributed by atoms with Gasteiger partial charge in [0.2, 0.25) is 5.92 Å². The van der Waals surface area contributed by atoms with Crippen LogP contribution in [0.5, 0.6) is 0 Å². The van der Waals surface area contributed by atoms with Crippen molar-refractivity contribution in [2.24, 2.45) is 11.8 Å². The van der Waals surface area contributed by atoms with Gasteiger partial charge >= 0.3 is 11.9 Å². The third kappa shape index (κ3) is 35.5. The zero-order valence-electron chi connectivity index (χ0n) is 42.1. The van der Waals surface area contributed by atoms with E-state index in [0.29, 0.717) is 57.3 Å². The van der Waals surface area contributed by atoms with Gasteiger partial charge in [0.15, 0.2) is 0 Å². The van der Waals surface area contributed by atoms with E-state index in [2.05, 4.69) is 37.5 Å². The lowest BCUT2D eigenvalue weighted by Gasteiger charge is -2.37. The van der Waals surface area contributed by atoms with Crippen LogP contribution in [-0.4, -0.2) is 91.4 Å². The Bertz CT molecular complexity index is 966. The monoisotopic (exact) mass is 899 g/mol. The summed E-state index contributed by atoms with van der Waals surface area (Å²) in [5, 5.41) is 9.85. The normalized spacial score (nSPS) is 15.3. The first-order chi connectivity index (χ1) is 30.7. The van der Waals surface area contributed by atoms with Crippen molar-refractivity contribution in [2.75, 3.05) is 52.5 Å². The molecule has 0 aromatic rings. The lowest BCUT2D eigenvalue weighted by Crippen LogP contribution is -2.45. The summed E-state index contributed by atoms with van der Waals surface area (Å²) >= 11 is 0. The molecule has 63 heavy (non-hydrogen) atoms. The van der Waals surface area contributed by atoms with Gasteiger partial charge in [0, 0.05) is 51.4 Å². The quantitative estimate of drug-likeness (QED) is 0.0481. The van der Waals surface area contributed by atoms with Crippen molar-refractivity contribution < 1.29 is 33.0 Å². The highest BCUT2D eigenvalue weighted by Crippen LogP contribution is 2.35. The predicted molar refractivity (Wildman–Crippen MR) is 262 cm³/mol. The standard InChI is InChI=1S/C54H104F2N2O5/c1-5-9-13-17-19-25-33-49(31-23-15-11-7-3)47-62-52(60)35-27-21-29-41-57(43-44-58(45-46-59)51-37-39-54(55,56)40-38-51)42-30-22-28-36-53(61)63-48-50(32-24-16-12-8-4)34-26-20-18-14-10-6-2/h49-51,59H,5-48H2,1-4H3. The number of hydrogen-bond acceptors (Lipinski definition) is 7. The third-order valence-corrected chi connectivity index (χ3v) is 13.8. The molecule has 0 aromatic carbocycles. The van der Waals surface area contributed by atoms with Crippen LogP contribution in [0.25, 0.3) is 0 Å². The zero-order valence-corrected chi connectivity index (χ0v) is 42.1. The number of carbonyl (C=O) groups is 2. The highest BCUT2D eigenvalue weighted by Gasteiger charge is 2.36. The molecule has 7 nitrogen and oxygen atoms in total. The lowest BCUT2D eigenvalue weighted by molar-refractivity contribution is -0.146. The number of alkyl halides is 2. The second kappa shape index (κ2) is 42.1. The summed E-state index contributed by atoms with van der Waals surface area (Å²) in [5.74, 6) is -1.75. The molecule has 0 radical (unpaired) electrons. The number of ether oxygens (including phenoxy) is 2. The maximum atomic E-state index is 14.0. The number of aliphatic hydroxyl groups is 1. The second-order valence-electron chi connectivity index (χ2n) is 19.7. The van der Waals surface area contributed by atoms with Crippen molar-refractivity contribution in [1.82, 2.24) is 9.80 Å². The van der Waals surface area contributed by atoms with Crippen molar-refractivity contribution in [3.8, 4) is 0 Å². The van der Waals surface area contributed by atoms with Crippen LogP contribution < -0.4 is 0 Å². The molecule has 1 saturated carbocycles. The molecule has 1 N–H and O–H groups in total. The summed E-state index contributed by atoms with van der Waals surface area (Å²) < 4.78 is 39.7. The Morgan fingerprint density at radius 2 is 0.873 bits per heavy atom. The van der Waals surface area contributed by atoms with Gasteiger partial charge in [0.1, 0.15) is 0 Å². The Morgan fingerprint density at radius 3 is 1.27 bits per heavy atom. The van der Waals surface area contributed by atoms with E-state index in [9.17, 15) is 23.5 Å². The van der Waals surface area contributed by atoms with Gasteiger partial charge in [0.05, 0.1) is 19.8 Å². The molecule has 0 aromatic heterocycles. The van der Waals surface area contributed by atoms with Crippen molar-refractivity contribution in [1.29, 1.82) is 0 Å². The second-order valence-corrected chi connectivity index (χ2v) is 19.7. The Hall–Kier alpha value is -1.32. The molecule has 1 fully saturated rings. The number of nitrogens with zero attached hydrogens (tertiary/aromatic N) is 2. The van der Waals surface area contributed by atoms with Crippen molar-refractivity contribution in [3.05, 3.63) is 0 Å². The predicted octanol–water partition coefficient (Wildman–Crippen LogP) is 15.0. The molecule has 2 unspecified atom stereocenters. The first-order valence-electron chi connectivity index (χ1n) is 27.4. The van der Waals surface area contributed by atoms with Crippen LogP contribution in [0.1, 0.15) is 259 Å². The summed E-state index contributed by atoms with van der Waals surface area (Å²) in [6.45, 7) is 14.0. The van der Waals surface area contributed by atoms with Gasteiger partial charge in [-0.15, -0.1) is 0 Å². The summed E-state index contributed by atoms with van der Waals surface area (Å²) in [6.07, 6.45) is 37.3. The van der Waals surface area contributed by atoms with E-state index in [1.165, 1.54) is 128 Å². The molecule has 0 saturated heterocycles. The number of rotatable bonds is 46. The van der Waals surface area contributed by atoms with E-state index in [4.69, 9.17) is 9.47 Å². The minimum atomic E-state index is -2.57. The summed E-state index contributed by atoms with van der Waals surface area (Å²) in [4.78, 5) is 30.4. The topological polar surface area (TPSA) is 79.3 Å². The number of unbranched alkanes of at least 4 members (excludes halogenated alkanes) is 20. The van der Waals surface area contributed by atoms with Crippen molar-refractivity contribution in [3.63, 3.8) is 0 Å². The van der Waals surface area contributed by atoms with Crippen LogP contribution in [-0.2, 0) is 19.1 Å². The molecule has 1 rings (SSSR count). The molecule has 1 aliphatic carbocycles. The van der Waals surface area contributed by atoms with E-state index in [0.717, 1.165) is 90.4 Å². The summed E-state index contributed by atoms with van der Waals surface area (Å²) in [7, 11) is 0. The van der Waals surface area contributed by atoms with Crippen LogP contribution in [0.3, 0.4) is 0 Å². The van der Waals surface area contributed by atoms with Crippen LogP contribution in [0.2, 0.25) is 0 Å². The average molecular weight is 899 g/mol. The fraction of sp³-hybridized carbons (Fsp3) is 0.963. The van der Waals surface area contributed by atoms with Crippen molar-refractivity contribution >= 4 is 11.9 Å². The molecule has 0 heterocycles. The first-order valence-corrected chi connectivity index (χ1v) is 27.4. The van der Waals surface area contributed by atoms with E-state index in [1.54, 1.807) is 0 Å². The molecule has 9 heteroatoms. The number of hydrogen-bond donors (Lipinski definition) is 1. The molecular formula is C54H104F2N2O5. The fourth-order valence-electron chi connectivity index (χ4n) is 9.50. The number of aliphatic hydroxyl groups excluding tert-OH is 1. The first kappa shape index (κ1) is 59.7. The Labute approximate surface area is 388 Å². The Kier molecular flexibility index (Phi) is 39.9. The molecule has 0 spiro atoms. The maximum absolute atomic E-state index is 14.0. The molecule has 1 aliphatic rings. The van der Waals surface area contributed by atoms with E-state index >= 15 is 0 Å². The molecule has 374 valence electrons. The number of esters is 2. The lowest BCUT2D eigenvalue weighted by atomic mass is 9.91. The largest absolute Gasteiger partial charge is 0.465 e. The van der Waals surface area contributed by atoms with Crippen LogP contribution in [0.15, 0.2) is 0 Å². The van der Waals surface area contributed by atoms with Crippen LogP contribution in [0, 0.1) is 11.8 Å². The molecule has 0 amide bonds. The smallest absolute Gasteiger partial charge is 0.305 e. The van der Waals surface area contributed by atoms with Gasteiger partial charge in [-0.2, -0.15) is 0 Å². The highest BCUT2D eigenvalue weighted by molar-refractivity contribution is 5.69. The van der Waals surface area contributed by atoms with E-state index in [1.807, 2.05) is 0 Å². The Morgan fingerprint density at radius 1 is 0.508 bits per heavy atom. The van der Waals surface area contributed by atoms with Gasteiger partial charge in [-0.05, 0) is 89.1 Å². The number of halogens is 2. The zero-order chi connectivity index (χ0) is 46.1. The van der Waals surface area contributed by atoms with Crippen molar-refractivity contribution in [2.45, 2.75) is 271 Å². The minimum Gasteiger partial charge on any atom is -0.465 e.